The third-order valence-corrected chi connectivity index (χ3v) is 6.06. The Bertz CT molecular complexity index is 609. The van der Waals surface area contributed by atoms with Crippen LogP contribution in [0.5, 0.6) is 11.5 Å². The zero-order valence-corrected chi connectivity index (χ0v) is 15.0. The molecule has 1 N–H and O–H groups in total. The Labute approximate surface area is 139 Å². The number of hydrogen-bond donors (Lipinski definition) is 1. The predicted octanol–water partition coefficient (Wildman–Crippen LogP) is 3.26. The van der Waals surface area contributed by atoms with Gasteiger partial charge in [0.2, 0.25) is 10.0 Å². The largest absolute Gasteiger partial charge is 0.497 e. The molecule has 1 aliphatic rings. The highest BCUT2D eigenvalue weighted by Gasteiger charge is 2.24. The first kappa shape index (κ1) is 18.1. The SMILES string of the molecule is COc1ccc(OC)c([C@H](C)NS(=O)(=O)CC2CCCCC2)c1. The summed E-state index contributed by atoms with van der Waals surface area (Å²) in [7, 11) is -0.155. The van der Waals surface area contributed by atoms with Crippen molar-refractivity contribution in [1.82, 2.24) is 4.72 Å². The smallest absolute Gasteiger partial charge is 0.212 e. The number of ether oxygens (including phenoxy) is 2. The molecular weight excluding hydrogens is 314 g/mol. The number of hydrogen-bond acceptors (Lipinski definition) is 4. The Morgan fingerprint density at radius 1 is 1.17 bits per heavy atom. The number of methoxy groups -OCH3 is 2. The zero-order valence-electron chi connectivity index (χ0n) is 14.2. The summed E-state index contributed by atoms with van der Waals surface area (Å²) in [6, 6.07) is 5.03. The van der Waals surface area contributed by atoms with E-state index in [-0.39, 0.29) is 17.7 Å². The molecule has 0 saturated heterocycles. The summed E-state index contributed by atoms with van der Waals surface area (Å²) in [5.41, 5.74) is 0.777. The fourth-order valence-corrected chi connectivity index (χ4v) is 4.94. The van der Waals surface area contributed by atoms with Gasteiger partial charge in [-0.05, 0) is 43.9 Å². The van der Waals surface area contributed by atoms with E-state index in [0.717, 1.165) is 31.2 Å². The van der Waals surface area contributed by atoms with Crippen LogP contribution in [0.25, 0.3) is 0 Å². The monoisotopic (exact) mass is 341 g/mol. The van der Waals surface area contributed by atoms with Gasteiger partial charge in [0.05, 0.1) is 20.0 Å². The van der Waals surface area contributed by atoms with E-state index in [2.05, 4.69) is 4.72 Å². The Kier molecular flexibility index (Phi) is 6.30. The summed E-state index contributed by atoms with van der Waals surface area (Å²) in [6.07, 6.45) is 5.52. The minimum atomic E-state index is -3.32. The Balaban J connectivity index is 2.09. The first-order valence-corrected chi connectivity index (χ1v) is 9.82. The van der Waals surface area contributed by atoms with Gasteiger partial charge in [-0.1, -0.05) is 19.3 Å². The maximum atomic E-state index is 12.5. The second-order valence-corrected chi connectivity index (χ2v) is 8.03. The van der Waals surface area contributed by atoms with E-state index < -0.39 is 10.0 Å². The standard InChI is InChI=1S/C17H27NO4S/c1-13(16-11-15(21-2)9-10-17(16)22-3)18-23(19,20)12-14-7-5-4-6-8-14/h9-11,13-14,18H,4-8,12H2,1-3H3/t13-/m0/s1. The average Bonchev–Trinajstić information content (AvgIpc) is 2.54. The number of nitrogens with one attached hydrogen (secondary N) is 1. The van der Waals surface area contributed by atoms with E-state index in [9.17, 15) is 8.42 Å². The molecule has 1 aromatic rings. The number of rotatable bonds is 7. The molecule has 2 rings (SSSR count). The van der Waals surface area contributed by atoms with E-state index in [4.69, 9.17) is 9.47 Å². The van der Waals surface area contributed by atoms with Crippen molar-refractivity contribution in [1.29, 1.82) is 0 Å². The Hall–Kier alpha value is -1.27. The fourth-order valence-electron chi connectivity index (χ4n) is 3.22. The van der Waals surface area contributed by atoms with Crippen molar-refractivity contribution in [3.05, 3.63) is 23.8 Å². The van der Waals surface area contributed by atoms with Crippen molar-refractivity contribution in [2.75, 3.05) is 20.0 Å². The van der Waals surface area contributed by atoms with E-state index in [1.807, 2.05) is 13.0 Å². The van der Waals surface area contributed by atoms with Crippen LogP contribution in [-0.4, -0.2) is 28.4 Å². The lowest BCUT2D eigenvalue weighted by atomic mass is 9.91. The van der Waals surface area contributed by atoms with Crippen LogP contribution in [0.2, 0.25) is 0 Å². The topological polar surface area (TPSA) is 64.6 Å². The van der Waals surface area contributed by atoms with Crippen LogP contribution in [0.4, 0.5) is 0 Å². The summed E-state index contributed by atoms with van der Waals surface area (Å²) >= 11 is 0. The van der Waals surface area contributed by atoms with Gasteiger partial charge in [-0.2, -0.15) is 0 Å². The normalized spacial score (nSPS) is 17.7. The van der Waals surface area contributed by atoms with Gasteiger partial charge in [-0.15, -0.1) is 0 Å². The van der Waals surface area contributed by atoms with E-state index in [1.165, 1.54) is 6.42 Å². The summed E-state index contributed by atoms with van der Waals surface area (Å²) in [5.74, 6) is 1.82. The predicted molar refractivity (Wildman–Crippen MR) is 91.5 cm³/mol. The van der Waals surface area contributed by atoms with Crippen LogP contribution in [-0.2, 0) is 10.0 Å². The van der Waals surface area contributed by atoms with Crippen molar-refractivity contribution in [3.63, 3.8) is 0 Å². The molecule has 5 nitrogen and oxygen atoms in total. The van der Waals surface area contributed by atoms with Gasteiger partial charge < -0.3 is 9.47 Å². The molecule has 0 amide bonds. The molecule has 130 valence electrons. The second kappa shape index (κ2) is 8.02. The van der Waals surface area contributed by atoms with E-state index >= 15 is 0 Å². The van der Waals surface area contributed by atoms with E-state index in [1.54, 1.807) is 26.4 Å². The van der Waals surface area contributed by atoms with Crippen molar-refractivity contribution >= 4 is 10.0 Å². The Morgan fingerprint density at radius 3 is 2.48 bits per heavy atom. The van der Waals surface area contributed by atoms with Crippen molar-refractivity contribution < 1.29 is 17.9 Å². The van der Waals surface area contributed by atoms with Gasteiger partial charge in [0.1, 0.15) is 11.5 Å². The lowest BCUT2D eigenvalue weighted by Gasteiger charge is -2.23. The molecule has 0 bridgehead atoms. The maximum absolute atomic E-state index is 12.5. The highest BCUT2D eigenvalue weighted by Crippen LogP contribution is 2.30. The molecule has 23 heavy (non-hydrogen) atoms. The lowest BCUT2D eigenvalue weighted by molar-refractivity contribution is 0.382. The van der Waals surface area contributed by atoms with Gasteiger partial charge in [-0.25, -0.2) is 13.1 Å². The summed E-state index contributed by atoms with van der Waals surface area (Å²) in [6.45, 7) is 1.83. The molecule has 0 spiro atoms. The van der Waals surface area contributed by atoms with Crippen LogP contribution >= 0.6 is 0 Å². The van der Waals surface area contributed by atoms with E-state index in [0.29, 0.717) is 11.5 Å². The van der Waals surface area contributed by atoms with Gasteiger partial charge >= 0.3 is 0 Å². The molecule has 1 saturated carbocycles. The highest BCUT2D eigenvalue weighted by atomic mass is 32.2. The number of sulfonamides is 1. The molecule has 0 radical (unpaired) electrons. The lowest BCUT2D eigenvalue weighted by Crippen LogP contribution is -2.32. The molecule has 0 aromatic heterocycles. The van der Waals surface area contributed by atoms with Gasteiger partial charge in [0, 0.05) is 11.6 Å². The third kappa shape index (κ3) is 5.11. The summed E-state index contributed by atoms with van der Waals surface area (Å²) < 4.78 is 38.3. The molecule has 0 heterocycles. The minimum Gasteiger partial charge on any atom is -0.497 e. The maximum Gasteiger partial charge on any atom is 0.212 e. The first-order chi connectivity index (χ1) is 10.9. The van der Waals surface area contributed by atoms with Crippen LogP contribution in [0, 0.1) is 5.92 Å². The summed E-state index contributed by atoms with van der Waals surface area (Å²) in [5, 5.41) is 0. The molecule has 1 atom stereocenters. The number of benzene rings is 1. The van der Waals surface area contributed by atoms with Crippen molar-refractivity contribution in [2.45, 2.75) is 45.1 Å². The Morgan fingerprint density at radius 2 is 1.87 bits per heavy atom. The molecule has 6 heteroatoms. The van der Waals surface area contributed by atoms with Crippen molar-refractivity contribution in [2.24, 2.45) is 5.92 Å². The van der Waals surface area contributed by atoms with Crippen LogP contribution in [0.3, 0.4) is 0 Å². The molecule has 0 aliphatic heterocycles. The average molecular weight is 341 g/mol. The molecule has 0 unspecified atom stereocenters. The fraction of sp³-hybridized carbons (Fsp3) is 0.647. The van der Waals surface area contributed by atoms with Crippen LogP contribution < -0.4 is 14.2 Å². The molecule has 1 fully saturated rings. The second-order valence-electron chi connectivity index (χ2n) is 6.23. The molecule has 1 aliphatic carbocycles. The highest BCUT2D eigenvalue weighted by molar-refractivity contribution is 7.89. The molecular formula is C17H27NO4S. The molecule has 1 aromatic carbocycles. The minimum absolute atomic E-state index is 0.212. The summed E-state index contributed by atoms with van der Waals surface area (Å²) in [4.78, 5) is 0. The quantitative estimate of drug-likeness (QED) is 0.827. The first-order valence-electron chi connectivity index (χ1n) is 8.17. The van der Waals surface area contributed by atoms with Crippen molar-refractivity contribution in [3.8, 4) is 11.5 Å². The van der Waals surface area contributed by atoms with Gasteiger partial charge in [0.25, 0.3) is 0 Å². The van der Waals surface area contributed by atoms with Gasteiger partial charge in [0.15, 0.2) is 0 Å². The zero-order chi connectivity index (χ0) is 16.9. The third-order valence-electron chi connectivity index (χ3n) is 4.44. The van der Waals surface area contributed by atoms with Crippen LogP contribution in [0.15, 0.2) is 18.2 Å². The van der Waals surface area contributed by atoms with Crippen LogP contribution in [0.1, 0.15) is 50.6 Å². The van der Waals surface area contributed by atoms with Gasteiger partial charge in [-0.3, -0.25) is 0 Å².